The van der Waals surface area contributed by atoms with E-state index in [2.05, 4.69) is 4.98 Å². The van der Waals surface area contributed by atoms with E-state index in [0.717, 1.165) is 6.07 Å². The Kier molecular flexibility index (Phi) is 3.85. The van der Waals surface area contributed by atoms with Crippen LogP contribution in [0.15, 0.2) is 11.0 Å². The van der Waals surface area contributed by atoms with Crippen LogP contribution in [0, 0.1) is 3.57 Å². The molecule has 4 nitrogen and oxygen atoms in total. The smallest absolute Gasteiger partial charge is 0.234 e. The first-order valence-electron chi connectivity index (χ1n) is 3.40. The Bertz CT molecular complexity index is 494. The number of primary sulfonamides is 1. The lowest BCUT2D eigenvalue weighted by Crippen LogP contribution is -2.15. The van der Waals surface area contributed by atoms with Crippen molar-refractivity contribution >= 4 is 44.2 Å². The maximum absolute atomic E-state index is 12.4. The summed E-state index contributed by atoms with van der Waals surface area (Å²) in [5.74, 6) is 0. The van der Waals surface area contributed by atoms with E-state index < -0.39 is 27.0 Å². The molecule has 1 aromatic heterocycles. The van der Waals surface area contributed by atoms with Gasteiger partial charge in [0.2, 0.25) is 10.0 Å². The molecular formula is C6H4ClF2IN2O2S. The second-order valence-electron chi connectivity index (χ2n) is 2.49. The van der Waals surface area contributed by atoms with Crippen LogP contribution in [0.4, 0.5) is 8.78 Å². The third kappa shape index (κ3) is 2.95. The number of sulfonamides is 1. The van der Waals surface area contributed by atoms with Gasteiger partial charge in [0.1, 0.15) is 15.7 Å². The molecule has 0 aromatic carbocycles. The summed E-state index contributed by atoms with van der Waals surface area (Å²) in [6.07, 6.45) is -2.91. The highest BCUT2D eigenvalue weighted by Gasteiger charge is 2.22. The average Bonchev–Trinajstić information content (AvgIpc) is 2.06. The maximum Gasteiger partial charge on any atom is 0.281 e. The highest BCUT2D eigenvalue weighted by molar-refractivity contribution is 14.1. The second kappa shape index (κ2) is 4.44. The Morgan fingerprint density at radius 1 is 1.53 bits per heavy atom. The van der Waals surface area contributed by atoms with Crippen molar-refractivity contribution in [2.45, 2.75) is 11.3 Å². The number of halogens is 4. The van der Waals surface area contributed by atoms with Gasteiger partial charge in [0, 0.05) is 0 Å². The predicted octanol–water partition coefficient (Wildman–Crippen LogP) is 1.92. The van der Waals surface area contributed by atoms with Gasteiger partial charge < -0.3 is 0 Å². The van der Waals surface area contributed by atoms with E-state index in [4.69, 9.17) is 16.7 Å². The van der Waals surface area contributed by atoms with Crippen LogP contribution in [0.25, 0.3) is 0 Å². The minimum atomic E-state index is -4.08. The summed E-state index contributed by atoms with van der Waals surface area (Å²) >= 11 is 6.84. The summed E-state index contributed by atoms with van der Waals surface area (Å²) in [5.41, 5.74) is -0.688. The Hall–Kier alpha value is -0.0600. The van der Waals surface area contributed by atoms with E-state index >= 15 is 0 Å². The minimum Gasteiger partial charge on any atom is -0.234 e. The van der Waals surface area contributed by atoms with E-state index in [9.17, 15) is 17.2 Å². The first-order chi connectivity index (χ1) is 6.73. The SMILES string of the molecule is NS(=O)(=O)c1cc(Cl)nc(C(F)F)c1I. The van der Waals surface area contributed by atoms with E-state index in [1.54, 1.807) is 0 Å². The Balaban J connectivity index is 3.56. The molecule has 15 heavy (non-hydrogen) atoms. The number of aromatic nitrogens is 1. The normalized spacial score (nSPS) is 12.1. The summed E-state index contributed by atoms with van der Waals surface area (Å²) in [6.45, 7) is 0. The lowest BCUT2D eigenvalue weighted by atomic mass is 10.4. The fraction of sp³-hybridized carbons (Fsp3) is 0.167. The molecule has 0 aliphatic heterocycles. The molecule has 0 fully saturated rings. The molecule has 0 aliphatic carbocycles. The van der Waals surface area contributed by atoms with Gasteiger partial charge in [0.15, 0.2) is 0 Å². The van der Waals surface area contributed by atoms with E-state index in [-0.39, 0.29) is 8.72 Å². The van der Waals surface area contributed by atoms with Crippen molar-refractivity contribution in [1.29, 1.82) is 0 Å². The van der Waals surface area contributed by atoms with Crippen molar-refractivity contribution in [2.24, 2.45) is 5.14 Å². The zero-order valence-electron chi connectivity index (χ0n) is 6.92. The zero-order chi connectivity index (χ0) is 11.8. The van der Waals surface area contributed by atoms with Crippen LogP contribution in [0.5, 0.6) is 0 Å². The molecule has 0 bridgehead atoms. The Labute approximate surface area is 103 Å². The molecule has 0 unspecified atom stereocenters. The molecule has 0 amide bonds. The molecule has 1 rings (SSSR count). The number of nitrogens with zero attached hydrogens (tertiary/aromatic N) is 1. The van der Waals surface area contributed by atoms with Crippen LogP contribution < -0.4 is 5.14 Å². The second-order valence-corrected chi connectivity index (χ2v) is 5.48. The van der Waals surface area contributed by atoms with Gasteiger partial charge in [-0.05, 0) is 28.7 Å². The van der Waals surface area contributed by atoms with Gasteiger partial charge in [-0.25, -0.2) is 27.3 Å². The molecule has 1 heterocycles. The van der Waals surface area contributed by atoms with Crippen molar-refractivity contribution in [3.05, 3.63) is 20.5 Å². The number of nitrogens with two attached hydrogens (primary N) is 1. The van der Waals surface area contributed by atoms with Crippen LogP contribution in [0.1, 0.15) is 12.1 Å². The molecule has 0 spiro atoms. The van der Waals surface area contributed by atoms with Gasteiger partial charge in [-0.3, -0.25) is 0 Å². The highest BCUT2D eigenvalue weighted by Crippen LogP contribution is 2.29. The van der Waals surface area contributed by atoms with Crippen molar-refractivity contribution in [1.82, 2.24) is 4.98 Å². The number of hydrogen-bond donors (Lipinski definition) is 1. The minimum absolute atomic E-state index is 0.213. The lowest BCUT2D eigenvalue weighted by Gasteiger charge is -2.07. The van der Waals surface area contributed by atoms with Gasteiger partial charge in [-0.15, -0.1) is 0 Å². The van der Waals surface area contributed by atoms with Crippen LogP contribution in [0.3, 0.4) is 0 Å². The zero-order valence-corrected chi connectivity index (χ0v) is 10.6. The summed E-state index contributed by atoms with van der Waals surface area (Å²) < 4.78 is 46.7. The molecule has 2 N–H and O–H groups in total. The van der Waals surface area contributed by atoms with Gasteiger partial charge >= 0.3 is 0 Å². The topological polar surface area (TPSA) is 73.1 Å². The quantitative estimate of drug-likeness (QED) is 0.640. The summed E-state index contributed by atoms with van der Waals surface area (Å²) in [5, 5.41) is 4.49. The van der Waals surface area contributed by atoms with Crippen molar-refractivity contribution < 1.29 is 17.2 Å². The molecule has 84 valence electrons. The van der Waals surface area contributed by atoms with Crippen molar-refractivity contribution in [2.75, 3.05) is 0 Å². The third-order valence-electron chi connectivity index (χ3n) is 1.43. The van der Waals surface area contributed by atoms with Crippen molar-refractivity contribution in [3.8, 4) is 0 Å². The lowest BCUT2D eigenvalue weighted by molar-refractivity contribution is 0.144. The van der Waals surface area contributed by atoms with Gasteiger partial charge in [-0.2, -0.15) is 0 Å². The monoisotopic (exact) mass is 368 g/mol. The van der Waals surface area contributed by atoms with E-state index in [1.807, 2.05) is 0 Å². The largest absolute Gasteiger partial charge is 0.281 e. The van der Waals surface area contributed by atoms with Gasteiger partial charge in [0.25, 0.3) is 6.43 Å². The fourth-order valence-corrected chi connectivity index (χ4v) is 3.17. The molecule has 1 aromatic rings. The average molecular weight is 369 g/mol. The molecule has 0 atom stereocenters. The molecule has 9 heteroatoms. The Morgan fingerprint density at radius 2 is 2.07 bits per heavy atom. The molecule has 0 radical (unpaired) electrons. The number of hydrogen-bond acceptors (Lipinski definition) is 3. The summed E-state index contributed by atoms with van der Waals surface area (Å²) in [7, 11) is -4.08. The number of alkyl halides is 2. The van der Waals surface area contributed by atoms with E-state index in [0.29, 0.717) is 0 Å². The van der Waals surface area contributed by atoms with Crippen molar-refractivity contribution in [3.63, 3.8) is 0 Å². The van der Waals surface area contributed by atoms with Crippen LogP contribution in [0.2, 0.25) is 5.15 Å². The molecular weight excluding hydrogens is 364 g/mol. The van der Waals surface area contributed by atoms with Crippen LogP contribution in [-0.4, -0.2) is 13.4 Å². The van der Waals surface area contributed by atoms with Crippen LogP contribution in [-0.2, 0) is 10.0 Å². The van der Waals surface area contributed by atoms with Gasteiger partial charge in [-0.1, -0.05) is 11.6 Å². The predicted molar refractivity (Wildman–Crippen MR) is 58.3 cm³/mol. The first-order valence-corrected chi connectivity index (χ1v) is 6.40. The highest BCUT2D eigenvalue weighted by atomic mass is 127. The fourth-order valence-electron chi connectivity index (χ4n) is 0.846. The third-order valence-corrected chi connectivity index (χ3v) is 4.06. The molecule has 0 saturated carbocycles. The standard InChI is InChI=1S/C6H4ClF2IN2O2S/c7-3-1-2(15(11,13)14)4(10)5(12-3)6(8)9/h1,6H,(H2,11,13,14). The molecule has 0 saturated heterocycles. The maximum atomic E-state index is 12.4. The first kappa shape index (κ1) is 13.0. The summed E-state index contributed by atoms with van der Waals surface area (Å²) in [6, 6.07) is 0.935. The van der Waals surface area contributed by atoms with Crippen LogP contribution >= 0.6 is 34.2 Å². The van der Waals surface area contributed by atoms with E-state index in [1.165, 1.54) is 22.6 Å². The Morgan fingerprint density at radius 3 is 2.47 bits per heavy atom. The molecule has 0 aliphatic rings. The number of pyridine rings is 1. The number of rotatable bonds is 2. The summed E-state index contributed by atoms with van der Waals surface area (Å²) in [4.78, 5) is 2.89. The van der Waals surface area contributed by atoms with Gasteiger partial charge in [0.05, 0.1) is 3.57 Å².